The van der Waals surface area contributed by atoms with E-state index in [1.807, 2.05) is 26.0 Å². The Morgan fingerprint density at radius 2 is 2.11 bits per heavy atom. The van der Waals surface area contributed by atoms with Crippen molar-refractivity contribution in [2.45, 2.75) is 23.9 Å². The summed E-state index contributed by atoms with van der Waals surface area (Å²) >= 11 is 1.21. The Morgan fingerprint density at radius 3 is 2.78 bits per heavy atom. The average Bonchev–Trinajstić information content (AvgIpc) is 2.27. The molecule has 0 atom stereocenters. The molecule has 0 spiro atoms. The van der Waals surface area contributed by atoms with Gasteiger partial charge in [0.2, 0.25) is 0 Å². The summed E-state index contributed by atoms with van der Waals surface area (Å²) in [6.07, 6.45) is 1.36. The van der Waals surface area contributed by atoms with Gasteiger partial charge in [-0.3, -0.25) is 0 Å². The molecule has 2 rings (SSSR count). The Labute approximate surface area is 108 Å². The molecule has 0 aromatic carbocycles. The summed E-state index contributed by atoms with van der Waals surface area (Å²) in [5, 5.41) is 17.7. The standard InChI is InChI=1S/C12H11N3O2S/c1-7-5-8(2)14-10(6-7)18-11-9(12(16)17)3-4-13-15-11/h3-6H,1-2H3,(H,16,17). The summed E-state index contributed by atoms with van der Waals surface area (Å²) in [5.74, 6) is -1.02. The molecule has 2 aromatic heterocycles. The van der Waals surface area contributed by atoms with E-state index in [1.54, 1.807) is 0 Å². The number of aryl methyl sites for hydroxylation is 2. The van der Waals surface area contributed by atoms with Crippen LogP contribution in [-0.2, 0) is 0 Å². The van der Waals surface area contributed by atoms with Crippen molar-refractivity contribution < 1.29 is 9.90 Å². The van der Waals surface area contributed by atoms with Crippen LogP contribution in [0.3, 0.4) is 0 Å². The normalized spacial score (nSPS) is 10.3. The van der Waals surface area contributed by atoms with Gasteiger partial charge in [-0.15, -0.1) is 5.10 Å². The quantitative estimate of drug-likeness (QED) is 0.913. The van der Waals surface area contributed by atoms with E-state index in [0.29, 0.717) is 5.03 Å². The highest BCUT2D eigenvalue weighted by Gasteiger charge is 2.13. The fourth-order valence-electron chi connectivity index (χ4n) is 1.51. The van der Waals surface area contributed by atoms with E-state index in [0.717, 1.165) is 16.3 Å². The number of aromatic carboxylic acids is 1. The van der Waals surface area contributed by atoms with E-state index in [2.05, 4.69) is 15.2 Å². The summed E-state index contributed by atoms with van der Waals surface area (Å²) in [4.78, 5) is 15.4. The minimum absolute atomic E-state index is 0.135. The smallest absolute Gasteiger partial charge is 0.338 e. The summed E-state index contributed by atoms with van der Waals surface area (Å²) in [5.41, 5.74) is 2.10. The Kier molecular flexibility index (Phi) is 3.57. The van der Waals surface area contributed by atoms with E-state index in [9.17, 15) is 4.79 Å². The van der Waals surface area contributed by atoms with Gasteiger partial charge in [0, 0.05) is 5.69 Å². The van der Waals surface area contributed by atoms with Gasteiger partial charge in [-0.1, -0.05) is 0 Å². The van der Waals surface area contributed by atoms with Crippen LogP contribution in [0.4, 0.5) is 0 Å². The second-order valence-electron chi connectivity index (χ2n) is 3.78. The minimum atomic E-state index is -1.02. The molecule has 0 saturated carbocycles. The Morgan fingerprint density at radius 1 is 1.33 bits per heavy atom. The van der Waals surface area contributed by atoms with Crippen molar-refractivity contribution in [2.24, 2.45) is 0 Å². The van der Waals surface area contributed by atoms with E-state index in [-0.39, 0.29) is 5.56 Å². The molecule has 0 amide bonds. The van der Waals surface area contributed by atoms with Crippen LogP contribution in [0.2, 0.25) is 0 Å². The van der Waals surface area contributed by atoms with E-state index in [4.69, 9.17) is 5.11 Å². The maximum absolute atomic E-state index is 11.0. The van der Waals surface area contributed by atoms with Crippen LogP contribution in [0.1, 0.15) is 21.6 Å². The predicted octanol–water partition coefficient (Wildman–Crippen LogP) is 2.34. The van der Waals surface area contributed by atoms with Gasteiger partial charge >= 0.3 is 5.97 Å². The van der Waals surface area contributed by atoms with Crippen molar-refractivity contribution in [1.82, 2.24) is 15.2 Å². The van der Waals surface area contributed by atoms with Crippen molar-refractivity contribution in [3.8, 4) is 0 Å². The Hall–Kier alpha value is -1.95. The molecular weight excluding hydrogens is 250 g/mol. The highest BCUT2D eigenvalue weighted by atomic mass is 32.2. The number of carboxylic acid groups (broad SMARTS) is 1. The lowest BCUT2D eigenvalue weighted by atomic mass is 10.3. The molecule has 2 aromatic rings. The fourth-order valence-corrected chi connectivity index (χ4v) is 2.50. The number of carbonyl (C=O) groups is 1. The molecule has 0 radical (unpaired) electrons. The number of carboxylic acids is 1. The lowest BCUT2D eigenvalue weighted by Crippen LogP contribution is -2.02. The number of pyridine rings is 1. The van der Waals surface area contributed by atoms with Crippen molar-refractivity contribution in [3.05, 3.63) is 41.2 Å². The van der Waals surface area contributed by atoms with E-state index in [1.165, 1.54) is 24.0 Å². The van der Waals surface area contributed by atoms with Gasteiger partial charge in [-0.25, -0.2) is 9.78 Å². The molecule has 0 aliphatic carbocycles. The lowest BCUT2D eigenvalue weighted by Gasteiger charge is -2.04. The van der Waals surface area contributed by atoms with Gasteiger partial charge in [0.25, 0.3) is 0 Å². The van der Waals surface area contributed by atoms with E-state index < -0.39 is 5.97 Å². The molecule has 92 valence electrons. The second kappa shape index (κ2) is 5.14. The zero-order valence-electron chi connectivity index (χ0n) is 9.91. The molecule has 0 unspecified atom stereocenters. The van der Waals surface area contributed by atoms with Crippen LogP contribution in [0.5, 0.6) is 0 Å². The van der Waals surface area contributed by atoms with Crippen LogP contribution < -0.4 is 0 Å². The van der Waals surface area contributed by atoms with Crippen molar-refractivity contribution in [2.75, 3.05) is 0 Å². The maximum Gasteiger partial charge on any atom is 0.338 e. The van der Waals surface area contributed by atoms with Crippen molar-refractivity contribution >= 4 is 17.7 Å². The highest BCUT2D eigenvalue weighted by molar-refractivity contribution is 7.99. The van der Waals surface area contributed by atoms with Gasteiger partial charge in [0.1, 0.15) is 10.1 Å². The van der Waals surface area contributed by atoms with Crippen LogP contribution in [0, 0.1) is 13.8 Å². The number of hydrogen-bond donors (Lipinski definition) is 1. The van der Waals surface area contributed by atoms with Gasteiger partial charge in [-0.2, -0.15) is 5.10 Å². The first kappa shape index (κ1) is 12.5. The first-order valence-electron chi connectivity index (χ1n) is 5.24. The Balaban J connectivity index is 2.37. The fraction of sp³-hybridized carbons (Fsp3) is 0.167. The van der Waals surface area contributed by atoms with Gasteiger partial charge in [0.15, 0.2) is 0 Å². The minimum Gasteiger partial charge on any atom is -0.478 e. The van der Waals surface area contributed by atoms with E-state index >= 15 is 0 Å². The lowest BCUT2D eigenvalue weighted by molar-refractivity contribution is 0.0692. The van der Waals surface area contributed by atoms with Crippen LogP contribution >= 0.6 is 11.8 Å². The largest absolute Gasteiger partial charge is 0.478 e. The molecule has 0 aliphatic rings. The van der Waals surface area contributed by atoms with Gasteiger partial charge < -0.3 is 5.11 Å². The molecule has 0 bridgehead atoms. The third kappa shape index (κ3) is 2.84. The topological polar surface area (TPSA) is 76.0 Å². The second-order valence-corrected chi connectivity index (χ2v) is 4.79. The van der Waals surface area contributed by atoms with Gasteiger partial charge in [-0.05, 0) is 49.4 Å². The number of nitrogens with zero attached hydrogens (tertiary/aromatic N) is 3. The monoisotopic (exact) mass is 261 g/mol. The molecule has 0 saturated heterocycles. The summed E-state index contributed by atoms with van der Waals surface area (Å²) in [6, 6.07) is 5.27. The summed E-state index contributed by atoms with van der Waals surface area (Å²) in [7, 11) is 0. The maximum atomic E-state index is 11.0. The first-order valence-corrected chi connectivity index (χ1v) is 6.06. The first-order chi connectivity index (χ1) is 8.56. The summed E-state index contributed by atoms with van der Waals surface area (Å²) in [6.45, 7) is 3.86. The number of hydrogen-bond acceptors (Lipinski definition) is 5. The zero-order chi connectivity index (χ0) is 13.1. The average molecular weight is 261 g/mol. The number of rotatable bonds is 3. The van der Waals surface area contributed by atoms with Crippen LogP contribution in [0.15, 0.2) is 34.4 Å². The van der Waals surface area contributed by atoms with Crippen molar-refractivity contribution in [1.29, 1.82) is 0 Å². The molecule has 0 aliphatic heterocycles. The number of aromatic nitrogens is 3. The van der Waals surface area contributed by atoms with Crippen LogP contribution in [-0.4, -0.2) is 26.3 Å². The zero-order valence-corrected chi connectivity index (χ0v) is 10.7. The molecular formula is C12H11N3O2S. The molecule has 6 heteroatoms. The van der Waals surface area contributed by atoms with Crippen LogP contribution in [0.25, 0.3) is 0 Å². The third-order valence-corrected chi connectivity index (χ3v) is 3.11. The molecule has 18 heavy (non-hydrogen) atoms. The molecule has 2 heterocycles. The highest BCUT2D eigenvalue weighted by Crippen LogP contribution is 2.27. The molecule has 0 fully saturated rings. The molecule has 5 nitrogen and oxygen atoms in total. The van der Waals surface area contributed by atoms with Gasteiger partial charge in [0.05, 0.1) is 11.8 Å². The summed E-state index contributed by atoms with van der Waals surface area (Å²) < 4.78 is 0. The molecule has 1 N–H and O–H groups in total. The third-order valence-electron chi connectivity index (χ3n) is 2.19. The SMILES string of the molecule is Cc1cc(C)nc(Sc2nnccc2C(=O)O)c1. The van der Waals surface area contributed by atoms with Crippen molar-refractivity contribution in [3.63, 3.8) is 0 Å². The predicted molar refractivity (Wildman–Crippen MR) is 66.8 cm³/mol. The Bertz CT molecular complexity index is 581.